The van der Waals surface area contributed by atoms with Gasteiger partial charge < -0.3 is 9.64 Å². The van der Waals surface area contributed by atoms with Crippen molar-refractivity contribution in [1.29, 1.82) is 0 Å². The highest BCUT2D eigenvalue weighted by Gasteiger charge is 2.38. The summed E-state index contributed by atoms with van der Waals surface area (Å²) < 4.78 is 32.9. The van der Waals surface area contributed by atoms with Gasteiger partial charge in [0.2, 0.25) is 15.9 Å². The zero-order valence-corrected chi connectivity index (χ0v) is 18.0. The van der Waals surface area contributed by atoms with Crippen molar-refractivity contribution in [2.45, 2.75) is 38.3 Å². The molecule has 6 nitrogen and oxygen atoms in total. The Labute approximate surface area is 178 Å². The maximum absolute atomic E-state index is 12.9. The Morgan fingerprint density at radius 3 is 2.83 bits per heavy atom. The van der Waals surface area contributed by atoms with E-state index in [1.54, 1.807) is 11.8 Å². The molecule has 1 fully saturated rings. The van der Waals surface area contributed by atoms with Crippen molar-refractivity contribution in [3.63, 3.8) is 0 Å². The minimum atomic E-state index is -3.36. The molecule has 0 aliphatic carbocycles. The summed E-state index contributed by atoms with van der Waals surface area (Å²) in [6.07, 6.45) is 1.94. The topological polar surface area (TPSA) is 75.7 Å². The lowest BCUT2D eigenvalue weighted by Crippen LogP contribution is -2.49. The summed E-state index contributed by atoms with van der Waals surface area (Å²) in [6.45, 7) is 2.64. The van der Waals surface area contributed by atoms with E-state index in [0.717, 1.165) is 17.5 Å². The summed E-state index contributed by atoms with van der Waals surface area (Å²) >= 11 is 0. The number of benzene rings is 2. The fourth-order valence-corrected chi connectivity index (χ4v) is 5.32. The normalized spacial score (nSPS) is 22.4. The lowest BCUT2D eigenvalue weighted by Gasteiger charge is -2.29. The van der Waals surface area contributed by atoms with Crippen LogP contribution >= 0.6 is 0 Å². The summed E-state index contributed by atoms with van der Waals surface area (Å²) in [4.78, 5) is 14.7. The zero-order valence-electron chi connectivity index (χ0n) is 17.2. The molecule has 0 radical (unpaired) electrons. The van der Waals surface area contributed by atoms with Gasteiger partial charge in [0, 0.05) is 12.6 Å². The molecule has 1 amide bonds. The van der Waals surface area contributed by atoms with E-state index >= 15 is 0 Å². The Morgan fingerprint density at radius 1 is 1.17 bits per heavy atom. The van der Waals surface area contributed by atoms with Crippen molar-refractivity contribution in [2.75, 3.05) is 25.5 Å². The first kappa shape index (κ1) is 21.0. The Hall–Kier alpha value is -2.22. The third-order valence-electron chi connectivity index (χ3n) is 6.02. The number of carbonyl (C=O) groups is 1. The Morgan fingerprint density at radius 2 is 2.00 bits per heavy atom. The average Bonchev–Trinajstić information content (AvgIpc) is 3.12. The smallest absolute Gasteiger partial charge is 0.248 e. The van der Waals surface area contributed by atoms with Crippen LogP contribution in [0, 0.1) is 0 Å². The van der Waals surface area contributed by atoms with Gasteiger partial charge in [-0.25, -0.2) is 13.1 Å². The van der Waals surface area contributed by atoms with Gasteiger partial charge in [0.05, 0.1) is 18.4 Å². The molecule has 2 heterocycles. The lowest BCUT2D eigenvalue weighted by molar-refractivity contribution is -0.137. The predicted octanol–water partition coefficient (Wildman–Crippen LogP) is 2.38. The van der Waals surface area contributed by atoms with Crippen LogP contribution in [-0.4, -0.2) is 56.8 Å². The summed E-state index contributed by atoms with van der Waals surface area (Å²) in [6, 6.07) is 16.1. The van der Waals surface area contributed by atoms with Gasteiger partial charge in [0.25, 0.3) is 0 Å². The molecule has 7 heteroatoms. The summed E-state index contributed by atoms with van der Waals surface area (Å²) in [5.41, 5.74) is 4.58. The number of sulfonamides is 1. The minimum Gasteiger partial charge on any atom is -0.371 e. The van der Waals surface area contributed by atoms with Crippen LogP contribution in [-0.2, 0) is 32.4 Å². The molecule has 2 aromatic carbocycles. The fourth-order valence-electron chi connectivity index (χ4n) is 4.42. The highest BCUT2D eigenvalue weighted by atomic mass is 32.2. The number of nitrogens with zero attached hydrogens (tertiary/aromatic N) is 1. The Bertz CT molecular complexity index is 1020. The van der Waals surface area contributed by atoms with Crippen LogP contribution in [0.4, 0.5) is 0 Å². The molecule has 0 saturated carbocycles. The first-order valence-corrected chi connectivity index (χ1v) is 12.2. The molecule has 2 unspecified atom stereocenters. The van der Waals surface area contributed by atoms with Crippen LogP contribution in [0.25, 0.3) is 11.1 Å². The number of rotatable bonds is 3. The van der Waals surface area contributed by atoms with Gasteiger partial charge in [-0.05, 0) is 48.4 Å². The van der Waals surface area contributed by atoms with Gasteiger partial charge in [-0.15, -0.1) is 0 Å². The summed E-state index contributed by atoms with van der Waals surface area (Å²) in [7, 11) is -3.36. The number of ether oxygens (including phenoxy) is 1. The minimum absolute atomic E-state index is 0.0174. The van der Waals surface area contributed by atoms with Gasteiger partial charge in [-0.1, -0.05) is 48.5 Å². The van der Waals surface area contributed by atoms with E-state index in [9.17, 15) is 13.2 Å². The number of nitrogens with one attached hydrogen (secondary N) is 1. The van der Waals surface area contributed by atoms with Gasteiger partial charge in [0.1, 0.15) is 6.61 Å². The van der Waals surface area contributed by atoms with Crippen molar-refractivity contribution in [1.82, 2.24) is 9.62 Å². The molecule has 30 heavy (non-hydrogen) atoms. The van der Waals surface area contributed by atoms with Crippen LogP contribution in [0.1, 0.15) is 24.5 Å². The molecule has 2 atom stereocenters. The third-order valence-corrected chi connectivity index (χ3v) is 7.44. The van der Waals surface area contributed by atoms with E-state index in [0.29, 0.717) is 26.0 Å². The van der Waals surface area contributed by atoms with E-state index < -0.39 is 10.0 Å². The number of hydrogen-bond acceptors (Lipinski definition) is 4. The van der Waals surface area contributed by atoms with E-state index in [2.05, 4.69) is 35.1 Å². The predicted molar refractivity (Wildman–Crippen MR) is 117 cm³/mol. The average molecular weight is 429 g/mol. The molecular formula is C23H28N2O4S. The summed E-state index contributed by atoms with van der Waals surface area (Å²) in [5, 5.41) is 0. The summed E-state index contributed by atoms with van der Waals surface area (Å²) in [5.74, 6) is -0.0543. The number of fused-ring (bicyclic) bond motifs is 5. The van der Waals surface area contributed by atoms with E-state index in [1.807, 2.05) is 18.2 Å². The van der Waals surface area contributed by atoms with Gasteiger partial charge in [0.15, 0.2) is 0 Å². The molecule has 2 aliphatic rings. The van der Waals surface area contributed by atoms with Crippen molar-refractivity contribution in [3.05, 3.63) is 59.7 Å². The first-order chi connectivity index (χ1) is 14.5. The van der Waals surface area contributed by atoms with Crippen molar-refractivity contribution in [2.24, 2.45) is 0 Å². The molecule has 160 valence electrons. The van der Waals surface area contributed by atoms with Crippen LogP contribution in [0.3, 0.4) is 0 Å². The Kier molecular flexibility index (Phi) is 6.22. The maximum Gasteiger partial charge on any atom is 0.248 e. The molecule has 1 saturated heterocycles. The van der Waals surface area contributed by atoms with Crippen LogP contribution in [0.5, 0.6) is 0 Å². The molecule has 0 aromatic heterocycles. The SMILES string of the molecule is CCS(=O)(=O)NC1CCN2C(=O)COCCc3ccccc3-c3cccc(c3)CC12. The first-order valence-electron chi connectivity index (χ1n) is 10.5. The monoisotopic (exact) mass is 428 g/mol. The van der Waals surface area contributed by atoms with Crippen LogP contribution in [0.15, 0.2) is 48.5 Å². The Balaban J connectivity index is 1.70. The number of hydrogen-bond donors (Lipinski definition) is 1. The molecule has 0 spiro atoms. The van der Waals surface area contributed by atoms with Crippen LogP contribution in [0.2, 0.25) is 0 Å². The second-order valence-electron chi connectivity index (χ2n) is 7.94. The lowest BCUT2D eigenvalue weighted by atomic mass is 9.94. The van der Waals surface area contributed by atoms with Crippen molar-refractivity contribution < 1.29 is 17.9 Å². The maximum atomic E-state index is 12.9. The largest absolute Gasteiger partial charge is 0.371 e. The zero-order chi connectivity index (χ0) is 21.1. The third kappa shape index (κ3) is 4.58. The molecule has 2 aliphatic heterocycles. The molecular weight excluding hydrogens is 400 g/mol. The number of amides is 1. The van der Waals surface area contributed by atoms with E-state index in [1.165, 1.54) is 11.1 Å². The molecule has 2 bridgehead atoms. The standard InChI is InChI=1S/C23H28N2O4S/c1-2-30(27,28)24-21-10-12-25-22(21)15-17-6-5-8-19(14-17)20-9-4-3-7-18(20)11-13-29-16-23(25)26/h3-9,14,21-22,24H,2,10-13,15-16H2,1H3. The fraction of sp³-hybridized carbons (Fsp3) is 0.435. The second-order valence-corrected chi connectivity index (χ2v) is 9.98. The van der Waals surface area contributed by atoms with Gasteiger partial charge in [-0.2, -0.15) is 0 Å². The van der Waals surface area contributed by atoms with Crippen molar-refractivity contribution >= 4 is 15.9 Å². The molecule has 4 rings (SSSR count). The van der Waals surface area contributed by atoms with E-state index in [-0.39, 0.29) is 30.4 Å². The van der Waals surface area contributed by atoms with Crippen molar-refractivity contribution in [3.8, 4) is 11.1 Å². The second kappa shape index (κ2) is 8.88. The van der Waals surface area contributed by atoms with Gasteiger partial charge in [-0.3, -0.25) is 4.79 Å². The van der Waals surface area contributed by atoms with Crippen LogP contribution < -0.4 is 4.72 Å². The van der Waals surface area contributed by atoms with Gasteiger partial charge >= 0.3 is 0 Å². The van der Waals surface area contributed by atoms with E-state index in [4.69, 9.17) is 4.74 Å². The highest BCUT2D eigenvalue weighted by molar-refractivity contribution is 7.89. The molecule has 2 aromatic rings. The highest BCUT2D eigenvalue weighted by Crippen LogP contribution is 2.28. The molecule has 1 N–H and O–H groups in total. The quantitative estimate of drug-likeness (QED) is 0.815. The number of carbonyl (C=O) groups excluding carboxylic acids is 1.